The molecule has 2 aromatic rings. The number of halogens is 1. The number of rotatable bonds is 8. The Morgan fingerprint density at radius 3 is 2.58 bits per heavy atom. The summed E-state index contributed by atoms with van der Waals surface area (Å²) >= 11 is 0. The third-order valence-electron chi connectivity index (χ3n) is 3.41. The van der Waals surface area contributed by atoms with Gasteiger partial charge in [-0.3, -0.25) is 4.99 Å². The summed E-state index contributed by atoms with van der Waals surface area (Å²) in [4.78, 5) is 8.58. The largest absolute Gasteiger partial charge is 0.356 e. The Hall–Kier alpha value is -1.58. The Morgan fingerprint density at radius 1 is 1.25 bits per heavy atom. The molecule has 0 aromatic carbocycles. The first-order valence-corrected chi connectivity index (χ1v) is 8.07. The van der Waals surface area contributed by atoms with Gasteiger partial charge in [-0.25, -0.2) is 0 Å². The van der Waals surface area contributed by atoms with Crippen LogP contribution in [0.2, 0.25) is 0 Å². The summed E-state index contributed by atoms with van der Waals surface area (Å²) in [5, 5.41) is 10.5. The minimum absolute atomic E-state index is 0. The number of hydrogen-bond donors (Lipinski definition) is 2. The summed E-state index contributed by atoms with van der Waals surface area (Å²) in [7, 11) is 1.78. The molecular formula is C16H27IN6O. The summed E-state index contributed by atoms with van der Waals surface area (Å²) < 4.78 is 7.36. The maximum Gasteiger partial charge on any atom is 0.226 e. The molecule has 2 heterocycles. The molecule has 0 radical (unpaired) electrons. The van der Waals surface area contributed by atoms with E-state index in [9.17, 15) is 0 Å². The predicted octanol–water partition coefficient (Wildman–Crippen LogP) is 2.41. The van der Waals surface area contributed by atoms with Crippen molar-refractivity contribution in [2.24, 2.45) is 4.99 Å². The SMILES string of the molecule is CN=C(NCCCc1nc(C(C)C)no1)NCCn1cccc1.I. The average Bonchev–Trinajstić information content (AvgIpc) is 3.21. The highest BCUT2D eigenvalue weighted by Gasteiger charge is 2.09. The van der Waals surface area contributed by atoms with Gasteiger partial charge in [0, 0.05) is 51.4 Å². The van der Waals surface area contributed by atoms with E-state index in [1.807, 2.05) is 24.5 Å². The van der Waals surface area contributed by atoms with Gasteiger partial charge >= 0.3 is 0 Å². The van der Waals surface area contributed by atoms with E-state index in [0.717, 1.165) is 44.3 Å². The molecule has 0 amide bonds. The summed E-state index contributed by atoms with van der Waals surface area (Å²) in [5.74, 6) is 2.58. The van der Waals surface area contributed by atoms with Gasteiger partial charge in [0.1, 0.15) is 0 Å². The second kappa shape index (κ2) is 11.1. The van der Waals surface area contributed by atoms with Crippen LogP contribution in [0.1, 0.15) is 37.9 Å². The fourth-order valence-corrected chi connectivity index (χ4v) is 2.09. The first-order chi connectivity index (χ1) is 11.2. The first-order valence-electron chi connectivity index (χ1n) is 8.07. The molecule has 2 aromatic heterocycles. The van der Waals surface area contributed by atoms with Crippen LogP contribution in [0.4, 0.5) is 0 Å². The molecule has 0 spiro atoms. The number of aryl methyl sites for hydroxylation is 1. The Kier molecular flexibility index (Phi) is 9.43. The van der Waals surface area contributed by atoms with Crippen molar-refractivity contribution in [1.29, 1.82) is 0 Å². The third-order valence-corrected chi connectivity index (χ3v) is 3.41. The van der Waals surface area contributed by atoms with Gasteiger partial charge in [0.15, 0.2) is 11.8 Å². The molecule has 0 atom stereocenters. The minimum atomic E-state index is 0. The summed E-state index contributed by atoms with van der Waals surface area (Å²) in [6, 6.07) is 4.05. The van der Waals surface area contributed by atoms with Crippen molar-refractivity contribution >= 4 is 29.9 Å². The quantitative estimate of drug-likeness (QED) is 0.282. The molecule has 0 unspecified atom stereocenters. The zero-order chi connectivity index (χ0) is 16.5. The van der Waals surface area contributed by atoms with Gasteiger partial charge in [-0.2, -0.15) is 4.98 Å². The fraction of sp³-hybridized carbons (Fsp3) is 0.562. The monoisotopic (exact) mass is 446 g/mol. The lowest BCUT2D eigenvalue weighted by Gasteiger charge is -2.11. The van der Waals surface area contributed by atoms with Crippen LogP contribution >= 0.6 is 24.0 Å². The minimum Gasteiger partial charge on any atom is -0.356 e. The molecule has 0 saturated carbocycles. The van der Waals surface area contributed by atoms with Crippen LogP contribution in [0, 0.1) is 0 Å². The number of nitrogens with one attached hydrogen (secondary N) is 2. The van der Waals surface area contributed by atoms with E-state index in [-0.39, 0.29) is 24.0 Å². The number of guanidine groups is 1. The summed E-state index contributed by atoms with van der Waals surface area (Å²) in [6.07, 6.45) is 5.78. The number of hydrogen-bond acceptors (Lipinski definition) is 4. The van der Waals surface area contributed by atoms with Gasteiger partial charge in [-0.15, -0.1) is 24.0 Å². The molecule has 134 valence electrons. The van der Waals surface area contributed by atoms with Crippen molar-refractivity contribution in [1.82, 2.24) is 25.3 Å². The Balaban J connectivity index is 0.00000288. The van der Waals surface area contributed by atoms with E-state index in [4.69, 9.17) is 4.52 Å². The second-order valence-electron chi connectivity index (χ2n) is 5.65. The summed E-state index contributed by atoms with van der Waals surface area (Å²) in [5.41, 5.74) is 0. The number of aromatic nitrogens is 3. The van der Waals surface area contributed by atoms with Gasteiger partial charge in [0.2, 0.25) is 5.89 Å². The van der Waals surface area contributed by atoms with Gasteiger partial charge in [0.25, 0.3) is 0 Å². The van der Waals surface area contributed by atoms with Gasteiger partial charge in [-0.05, 0) is 18.6 Å². The molecule has 0 aliphatic heterocycles. The van der Waals surface area contributed by atoms with Crippen molar-refractivity contribution in [2.75, 3.05) is 20.1 Å². The molecule has 2 N–H and O–H groups in total. The maximum atomic E-state index is 5.23. The van der Waals surface area contributed by atoms with Crippen LogP contribution in [0.25, 0.3) is 0 Å². The molecular weight excluding hydrogens is 419 g/mol. The van der Waals surface area contributed by atoms with Crippen molar-refractivity contribution in [2.45, 2.75) is 39.2 Å². The highest BCUT2D eigenvalue weighted by molar-refractivity contribution is 14.0. The van der Waals surface area contributed by atoms with Crippen LogP contribution in [0.3, 0.4) is 0 Å². The highest BCUT2D eigenvalue weighted by Crippen LogP contribution is 2.10. The molecule has 24 heavy (non-hydrogen) atoms. The van der Waals surface area contributed by atoms with Crippen LogP contribution in [0.5, 0.6) is 0 Å². The van der Waals surface area contributed by atoms with Gasteiger partial charge in [-0.1, -0.05) is 19.0 Å². The van der Waals surface area contributed by atoms with Crippen LogP contribution in [0.15, 0.2) is 34.0 Å². The fourth-order valence-electron chi connectivity index (χ4n) is 2.09. The standard InChI is InChI=1S/C16H26N6O.HI/c1-13(2)15-20-14(23-21-15)7-6-8-18-16(17-3)19-9-12-22-10-4-5-11-22;/h4-5,10-11,13H,6-9,12H2,1-3H3,(H2,17,18,19);1H. The maximum absolute atomic E-state index is 5.23. The number of nitrogens with zero attached hydrogens (tertiary/aromatic N) is 4. The van der Waals surface area contributed by atoms with E-state index in [2.05, 4.69) is 44.2 Å². The molecule has 0 fully saturated rings. The molecule has 7 nitrogen and oxygen atoms in total. The van der Waals surface area contributed by atoms with E-state index in [0.29, 0.717) is 11.8 Å². The molecule has 0 aliphatic rings. The highest BCUT2D eigenvalue weighted by atomic mass is 127. The third kappa shape index (κ3) is 6.90. The normalized spacial score (nSPS) is 11.4. The Labute approximate surface area is 160 Å². The van der Waals surface area contributed by atoms with Gasteiger partial charge in [0.05, 0.1) is 0 Å². The zero-order valence-electron chi connectivity index (χ0n) is 14.5. The van der Waals surface area contributed by atoms with Crippen molar-refractivity contribution < 1.29 is 4.52 Å². The van der Waals surface area contributed by atoms with Crippen LogP contribution in [-0.4, -0.2) is 40.8 Å². The topological polar surface area (TPSA) is 80.3 Å². The van der Waals surface area contributed by atoms with E-state index in [1.54, 1.807) is 7.05 Å². The smallest absolute Gasteiger partial charge is 0.226 e. The van der Waals surface area contributed by atoms with E-state index < -0.39 is 0 Å². The Bertz CT molecular complexity index is 593. The molecule has 0 aliphatic carbocycles. The zero-order valence-corrected chi connectivity index (χ0v) is 16.9. The summed E-state index contributed by atoms with van der Waals surface area (Å²) in [6.45, 7) is 6.66. The lowest BCUT2D eigenvalue weighted by molar-refractivity contribution is 0.368. The average molecular weight is 446 g/mol. The van der Waals surface area contributed by atoms with Crippen molar-refractivity contribution in [3.8, 4) is 0 Å². The Morgan fingerprint density at radius 2 is 1.96 bits per heavy atom. The lowest BCUT2D eigenvalue weighted by Crippen LogP contribution is -2.39. The van der Waals surface area contributed by atoms with Gasteiger partial charge < -0.3 is 19.7 Å². The first kappa shape index (κ1) is 20.5. The van der Waals surface area contributed by atoms with Crippen molar-refractivity contribution in [3.63, 3.8) is 0 Å². The molecule has 2 rings (SSSR count). The molecule has 8 heteroatoms. The lowest BCUT2D eigenvalue weighted by atomic mass is 10.2. The van der Waals surface area contributed by atoms with Crippen molar-refractivity contribution in [3.05, 3.63) is 36.2 Å². The van der Waals surface area contributed by atoms with Crippen LogP contribution < -0.4 is 10.6 Å². The molecule has 0 bridgehead atoms. The number of aliphatic imine (C=N–C) groups is 1. The predicted molar refractivity (Wildman–Crippen MR) is 106 cm³/mol. The molecule has 0 saturated heterocycles. The second-order valence-corrected chi connectivity index (χ2v) is 5.65. The van der Waals surface area contributed by atoms with E-state index in [1.165, 1.54) is 0 Å². The van der Waals surface area contributed by atoms with Crippen LogP contribution in [-0.2, 0) is 13.0 Å². The van der Waals surface area contributed by atoms with E-state index >= 15 is 0 Å².